The number of pyridine rings is 1. The van der Waals surface area contributed by atoms with Gasteiger partial charge in [0.15, 0.2) is 0 Å². The molecule has 1 heterocycles. The number of nitrogens with zero attached hydrogens (tertiary/aromatic N) is 2. The van der Waals surface area contributed by atoms with Crippen LogP contribution in [0.4, 0.5) is 5.69 Å². The molecule has 1 aromatic carbocycles. The minimum atomic E-state index is 0.428. The number of nitrogens with one attached hydrogen (secondary N) is 1. The zero-order chi connectivity index (χ0) is 15.2. The van der Waals surface area contributed by atoms with Gasteiger partial charge < -0.3 is 10.2 Å². The molecule has 2 rings (SSSR count). The lowest BCUT2D eigenvalue weighted by Gasteiger charge is -2.24. The Bertz CT molecular complexity index is 570. The number of halogens is 1. The Balaban J connectivity index is 2.19. The van der Waals surface area contributed by atoms with Crippen LogP contribution in [0.25, 0.3) is 0 Å². The van der Waals surface area contributed by atoms with Crippen molar-refractivity contribution in [3.05, 3.63) is 58.9 Å². The molecule has 0 aliphatic heterocycles. The lowest BCUT2D eigenvalue weighted by molar-refractivity contribution is 0.588. The second kappa shape index (κ2) is 7.43. The van der Waals surface area contributed by atoms with Crippen molar-refractivity contribution in [2.45, 2.75) is 33.0 Å². The fraction of sp³-hybridized carbons (Fsp3) is 0.353. The molecule has 0 aliphatic carbocycles. The molecular formula is C17H22ClN3. The average Bonchev–Trinajstić information content (AvgIpc) is 2.46. The summed E-state index contributed by atoms with van der Waals surface area (Å²) >= 11 is 6.38. The molecule has 0 atom stereocenters. The number of benzene rings is 1. The minimum Gasteiger partial charge on any atom is -0.370 e. The third-order valence-electron chi connectivity index (χ3n) is 3.33. The summed E-state index contributed by atoms with van der Waals surface area (Å²) in [5, 5.41) is 4.24. The summed E-state index contributed by atoms with van der Waals surface area (Å²) in [5.74, 6) is 0. The van der Waals surface area contributed by atoms with Crippen molar-refractivity contribution in [2.24, 2.45) is 0 Å². The first-order valence-corrected chi connectivity index (χ1v) is 7.56. The first-order chi connectivity index (χ1) is 10.1. The molecule has 1 N–H and O–H groups in total. The summed E-state index contributed by atoms with van der Waals surface area (Å²) in [7, 11) is 2.08. The molecule has 1 aromatic heterocycles. The molecule has 0 unspecified atom stereocenters. The van der Waals surface area contributed by atoms with Crippen LogP contribution in [-0.4, -0.2) is 18.1 Å². The highest BCUT2D eigenvalue weighted by Crippen LogP contribution is 2.27. The Morgan fingerprint density at radius 2 is 2.05 bits per heavy atom. The Morgan fingerprint density at radius 3 is 2.71 bits per heavy atom. The zero-order valence-electron chi connectivity index (χ0n) is 12.8. The second-order valence-corrected chi connectivity index (χ2v) is 5.90. The van der Waals surface area contributed by atoms with E-state index >= 15 is 0 Å². The molecule has 0 radical (unpaired) electrons. The van der Waals surface area contributed by atoms with Crippen molar-refractivity contribution in [3.63, 3.8) is 0 Å². The summed E-state index contributed by atoms with van der Waals surface area (Å²) in [6.45, 7) is 5.85. The van der Waals surface area contributed by atoms with E-state index in [0.717, 1.165) is 29.4 Å². The van der Waals surface area contributed by atoms with Crippen molar-refractivity contribution in [1.82, 2.24) is 10.3 Å². The van der Waals surface area contributed by atoms with Gasteiger partial charge in [0.25, 0.3) is 0 Å². The maximum atomic E-state index is 6.38. The van der Waals surface area contributed by atoms with E-state index in [9.17, 15) is 0 Å². The molecular weight excluding hydrogens is 282 g/mol. The zero-order valence-corrected chi connectivity index (χ0v) is 13.6. The van der Waals surface area contributed by atoms with Crippen LogP contribution in [0.5, 0.6) is 0 Å². The Hall–Kier alpha value is -1.58. The molecule has 0 saturated heterocycles. The molecule has 2 aromatic rings. The number of hydrogen-bond acceptors (Lipinski definition) is 3. The van der Waals surface area contributed by atoms with Gasteiger partial charge in [-0.25, -0.2) is 0 Å². The maximum absolute atomic E-state index is 6.38. The van der Waals surface area contributed by atoms with Crippen molar-refractivity contribution in [3.8, 4) is 0 Å². The average molecular weight is 304 g/mol. The quantitative estimate of drug-likeness (QED) is 0.878. The molecule has 0 fully saturated rings. The van der Waals surface area contributed by atoms with Crippen molar-refractivity contribution >= 4 is 17.3 Å². The van der Waals surface area contributed by atoms with Crippen LogP contribution in [0.15, 0.2) is 42.7 Å². The standard InChI is InChI=1S/C17H22ClN3/c1-13(2)20-11-15-16(18)7-4-8-17(15)21(3)12-14-6-5-9-19-10-14/h4-10,13,20H,11-12H2,1-3H3. The van der Waals surface area contributed by atoms with Gasteiger partial charge in [-0.05, 0) is 23.8 Å². The van der Waals surface area contributed by atoms with Crippen LogP contribution in [0.2, 0.25) is 5.02 Å². The van der Waals surface area contributed by atoms with E-state index in [-0.39, 0.29) is 0 Å². The Labute approximate surface area is 132 Å². The van der Waals surface area contributed by atoms with E-state index in [1.165, 1.54) is 5.56 Å². The molecule has 0 spiro atoms. The largest absolute Gasteiger partial charge is 0.370 e. The second-order valence-electron chi connectivity index (χ2n) is 5.49. The highest BCUT2D eigenvalue weighted by molar-refractivity contribution is 6.31. The van der Waals surface area contributed by atoms with E-state index in [4.69, 9.17) is 11.6 Å². The summed E-state index contributed by atoms with van der Waals surface area (Å²) in [4.78, 5) is 6.37. The van der Waals surface area contributed by atoms with Crippen LogP contribution in [0.3, 0.4) is 0 Å². The lowest BCUT2D eigenvalue weighted by Crippen LogP contribution is -2.25. The summed E-state index contributed by atoms with van der Waals surface area (Å²) in [6.07, 6.45) is 3.69. The van der Waals surface area contributed by atoms with E-state index in [1.807, 2.05) is 24.4 Å². The summed E-state index contributed by atoms with van der Waals surface area (Å²) < 4.78 is 0. The van der Waals surface area contributed by atoms with Crippen LogP contribution < -0.4 is 10.2 Å². The molecule has 3 nitrogen and oxygen atoms in total. The first-order valence-electron chi connectivity index (χ1n) is 7.18. The normalized spacial score (nSPS) is 10.9. The third-order valence-corrected chi connectivity index (χ3v) is 3.69. The Morgan fingerprint density at radius 1 is 1.24 bits per heavy atom. The van der Waals surface area contributed by atoms with E-state index in [1.54, 1.807) is 6.20 Å². The highest BCUT2D eigenvalue weighted by Gasteiger charge is 2.11. The SMILES string of the molecule is CC(C)NCc1c(Cl)cccc1N(C)Cc1cccnc1. The topological polar surface area (TPSA) is 28.2 Å². The fourth-order valence-corrected chi connectivity index (χ4v) is 2.47. The van der Waals surface area contributed by atoms with Gasteiger partial charge in [-0.15, -0.1) is 0 Å². The predicted octanol–water partition coefficient (Wildman–Crippen LogP) is 3.87. The van der Waals surface area contributed by atoms with Crippen LogP contribution in [0.1, 0.15) is 25.0 Å². The maximum Gasteiger partial charge on any atom is 0.0471 e. The third kappa shape index (κ3) is 4.45. The molecule has 0 bridgehead atoms. The molecule has 21 heavy (non-hydrogen) atoms. The molecule has 0 aliphatic rings. The minimum absolute atomic E-state index is 0.428. The van der Waals surface area contributed by atoms with E-state index in [2.05, 4.69) is 48.2 Å². The smallest absolute Gasteiger partial charge is 0.0471 e. The van der Waals surface area contributed by atoms with Crippen molar-refractivity contribution in [2.75, 3.05) is 11.9 Å². The Kier molecular flexibility index (Phi) is 5.59. The van der Waals surface area contributed by atoms with Gasteiger partial charge in [-0.1, -0.05) is 37.6 Å². The molecule has 4 heteroatoms. The van der Waals surface area contributed by atoms with Gasteiger partial charge >= 0.3 is 0 Å². The van der Waals surface area contributed by atoms with Crippen LogP contribution in [-0.2, 0) is 13.1 Å². The van der Waals surface area contributed by atoms with Gasteiger partial charge in [0.1, 0.15) is 0 Å². The summed E-state index contributed by atoms with van der Waals surface area (Å²) in [6, 6.07) is 10.5. The van der Waals surface area contributed by atoms with Gasteiger partial charge in [-0.2, -0.15) is 0 Å². The number of aromatic nitrogens is 1. The number of anilines is 1. The van der Waals surface area contributed by atoms with Gasteiger partial charge in [0.2, 0.25) is 0 Å². The van der Waals surface area contributed by atoms with Crippen LogP contribution in [0, 0.1) is 0 Å². The van der Waals surface area contributed by atoms with Gasteiger partial charge in [-0.3, -0.25) is 4.98 Å². The van der Waals surface area contributed by atoms with E-state index < -0.39 is 0 Å². The monoisotopic (exact) mass is 303 g/mol. The van der Waals surface area contributed by atoms with Crippen molar-refractivity contribution in [1.29, 1.82) is 0 Å². The molecule has 112 valence electrons. The summed E-state index contributed by atoms with van der Waals surface area (Å²) in [5.41, 5.74) is 3.47. The van der Waals surface area contributed by atoms with Gasteiger partial charge in [0, 0.05) is 54.8 Å². The first kappa shape index (κ1) is 15.8. The van der Waals surface area contributed by atoms with E-state index in [0.29, 0.717) is 6.04 Å². The fourth-order valence-electron chi connectivity index (χ4n) is 2.24. The highest BCUT2D eigenvalue weighted by atomic mass is 35.5. The number of rotatable bonds is 6. The van der Waals surface area contributed by atoms with Crippen LogP contribution >= 0.6 is 11.6 Å². The predicted molar refractivity (Wildman–Crippen MR) is 89.8 cm³/mol. The number of hydrogen-bond donors (Lipinski definition) is 1. The van der Waals surface area contributed by atoms with Gasteiger partial charge in [0.05, 0.1) is 0 Å². The molecule has 0 amide bonds. The lowest BCUT2D eigenvalue weighted by atomic mass is 10.1. The van der Waals surface area contributed by atoms with Crippen molar-refractivity contribution < 1.29 is 0 Å². The molecule has 0 saturated carbocycles.